The molecule has 0 unspecified atom stereocenters. The average Bonchev–Trinajstić information content (AvgIpc) is 2.39. The maximum absolute atomic E-state index is 11.5. The molecule has 3 nitrogen and oxygen atoms in total. The van der Waals surface area contributed by atoms with Crippen molar-refractivity contribution in [2.45, 2.75) is 26.7 Å². The topological polar surface area (TPSA) is 35.5 Å². The first-order chi connectivity index (χ1) is 8.69. The average molecular weight is 248 g/mol. The third kappa shape index (κ3) is 4.24. The van der Waals surface area contributed by atoms with Gasteiger partial charge in [-0.1, -0.05) is 32.1 Å². The van der Waals surface area contributed by atoms with Crippen molar-refractivity contribution in [2.75, 3.05) is 13.2 Å². The Bertz CT molecular complexity index is 393. The van der Waals surface area contributed by atoms with Gasteiger partial charge < -0.3 is 9.47 Å². The van der Waals surface area contributed by atoms with Crippen LogP contribution < -0.4 is 4.74 Å². The Morgan fingerprint density at radius 2 is 1.89 bits per heavy atom. The Hall–Kier alpha value is -1.77. The van der Waals surface area contributed by atoms with Crippen molar-refractivity contribution in [3.63, 3.8) is 0 Å². The molecule has 0 aliphatic rings. The van der Waals surface area contributed by atoms with Crippen LogP contribution in [-0.4, -0.2) is 19.2 Å². The van der Waals surface area contributed by atoms with E-state index < -0.39 is 0 Å². The van der Waals surface area contributed by atoms with Crippen LogP contribution in [0.3, 0.4) is 0 Å². The summed E-state index contributed by atoms with van der Waals surface area (Å²) in [5.74, 6) is 0.431. The van der Waals surface area contributed by atoms with E-state index in [0.717, 1.165) is 24.2 Å². The van der Waals surface area contributed by atoms with Crippen molar-refractivity contribution in [1.29, 1.82) is 0 Å². The normalized spacial score (nSPS) is 9.89. The lowest BCUT2D eigenvalue weighted by molar-refractivity contribution is -0.136. The third-order valence-corrected chi connectivity index (χ3v) is 2.49. The summed E-state index contributed by atoms with van der Waals surface area (Å²) >= 11 is 0. The minimum Gasteiger partial charge on any atom is -0.494 e. The van der Waals surface area contributed by atoms with Gasteiger partial charge in [0.1, 0.15) is 5.75 Å². The second-order valence-electron chi connectivity index (χ2n) is 3.93. The fraction of sp³-hybridized carbons (Fsp3) is 0.400. The predicted molar refractivity (Wildman–Crippen MR) is 72.5 cm³/mol. The molecule has 0 aliphatic carbocycles. The minimum absolute atomic E-state index is 0.357. The zero-order valence-electron chi connectivity index (χ0n) is 11.1. The summed E-state index contributed by atoms with van der Waals surface area (Å²) in [6.45, 7) is 8.70. The van der Waals surface area contributed by atoms with Gasteiger partial charge in [-0.25, -0.2) is 4.79 Å². The van der Waals surface area contributed by atoms with Crippen LogP contribution in [0.4, 0.5) is 0 Å². The van der Waals surface area contributed by atoms with Gasteiger partial charge in [-0.15, -0.1) is 0 Å². The van der Waals surface area contributed by atoms with Crippen molar-refractivity contribution >= 4 is 11.5 Å². The minimum atomic E-state index is -0.378. The quantitative estimate of drug-likeness (QED) is 0.421. The van der Waals surface area contributed by atoms with Crippen LogP contribution >= 0.6 is 0 Å². The Kier molecular flexibility index (Phi) is 5.98. The number of benzene rings is 1. The molecule has 18 heavy (non-hydrogen) atoms. The van der Waals surface area contributed by atoms with Crippen LogP contribution in [0.15, 0.2) is 30.8 Å². The number of carbonyl (C=O) groups is 1. The van der Waals surface area contributed by atoms with Gasteiger partial charge in [0.05, 0.1) is 18.8 Å². The van der Waals surface area contributed by atoms with Crippen LogP contribution in [-0.2, 0) is 9.53 Å². The highest BCUT2D eigenvalue weighted by Crippen LogP contribution is 2.18. The summed E-state index contributed by atoms with van der Waals surface area (Å²) in [6, 6.07) is 7.33. The van der Waals surface area contributed by atoms with Crippen molar-refractivity contribution in [3.05, 3.63) is 36.4 Å². The number of hydrogen-bond acceptors (Lipinski definition) is 3. The molecule has 0 amide bonds. The number of hydrogen-bond donors (Lipinski definition) is 0. The fourth-order valence-corrected chi connectivity index (χ4v) is 1.42. The number of carbonyl (C=O) groups excluding carboxylic acids is 1. The smallest absolute Gasteiger partial charge is 0.338 e. The van der Waals surface area contributed by atoms with Crippen LogP contribution in [0.1, 0.15) is 32.3 Å². The van der Waals surface area contributed by atoms with E-state index in [1.165, 1.54) is 0 Å². The standard InChI is InChI=1S/C15H20O3/c1-4-6-11-18-14-9-7-13(8-10-14)12(3)15(16)17-5-2/h7-10H,3-6,11H2,1-2H3. The van der Waals surface area contributed by atoms with Crippen molar-refractivity contribution in [2.24, 2.45) is 0 Å². The van der Waals surface area contributed by atoms with Gasteiger partial charge in [0.25, 0.3) is 0 Å². The molecule has 0 bridgehead atoms. The Morgan fingerprint density at radius 1 is 1.22 bits per heavy atom. The fourth-order valence-electron chi connectivity index (χ4n) is 1.42. The van der Waals surface area contributed by atoms with Gasteiger partial charge in [-0.05, 0) is 31.0 Å². The van der Waals surface area contributed by atoms with Gasteiger partial charge in [0.2, 0.25) is 0 Å². The largest absolute Gasteiger partial charge is 0.494 e. The molecule has 0 aromatic heterocycles. The molecule has 1 aromatic carbocycles. The number of unbranched alkanes of at least 4 members (excludes halogenated alkanes) is 1. The van der Waals surface area contributed by atoms with Crippen LogP contribution in [0.25, 0.3) is 5.57 Å². The maximum atomic E-state index is 11.5. The van der Waals surface area contributed by atoms with Crippen LogP contribution in [0.2, 0.25) is 0 Å². The van der Waals surface area contributed by atoms with E-state index in [-0.39, 0.29) is 5.97 Å². The van der Waals surface area contributed by atoms with E-state index in [4.69, 9.17) is 9.47 Å². The molecule has 0 saturated carbocycles. The molecule has 0 aliphatic heterocycles. The van der Waals surface area contributed by atoms with Crippen LogP contribution in [0.5, 0.6) is 5.75 Å². The lowest BCUT2D eigenvalue weighted by atomic mass is 10.1. The molecule has 0 heterocycles. The summed E-state index contributed by atoms with van der Waals surface area (Å²) in [7, 11) is 0. The first-order valence-electron chi connectivity index (χ1n) is 6.28. The number of esters is 1. The van der Waals surface area contributed by atoms with E-state index >= 15 is 0 Å². The molecule has 0 saturated heterocycles. The van der Waals surface area contributed by atoms with Crippen molar-refractivity contribution in [1.82, 2.24) is 0 Å². The number of ether oxygens (including phenoxy) is 2. The lowest BCUT2D eigenvalue weighted by Gasteiger charge is -2.08. The molecule has 0 atom stereocenters. The van der Waals surface area contributed by atoms with E-state index in [9.17, 15) is 4.79 Å². The van der Waals surface area contributed by atoms with Gasteiger partial charge >= 0.3 is 5.97 Å². The van der Waals surface area contributed by atoms with Crippen molar-refractivity contribution in [3.8, 4) is 5.75 Å². The zero-order chi connectivity index (χ0) is 13.4. The van der Waals surface area contributed by atoms with Crippen LogP contribution in [0, 0.1) is 0 Å². The molecular weight excluding hydrogens is 228 g/mol. The molecule has 1 aromatic rings. The summed E-state index contributed by atoms with van der Waals surface area (Å²) in [5.41, 5.74) is 1.13. The lowest BCUT2D eigenvalue weighted by Crippen LogP contribution is -2.05. The summed E-state index contributed by atoms with van der Waals surface area (Å²) in [6.07, 6.45) is 2.15. The second-order valence-corrected chi connectivity index (χ2v) is 3.93. The Balaban J connectivity index is 2.59. The van der Waals surface area contributed by atoms with Gasteiger partial charge in [-0.2, -0.15) is 0 Å². The van der Waals surface area contributed by atoms with E-state index in [1.807, 2.05) is 24.3 Å². The Labute approximate surface area is 108 Å². The molecule has 98 valence electrons. The summed E-state index contributed by atoms with van der Waals surface area (Å²) in [5, 5.41) is 0. The SMILES string of the molecule is C=C(C(=O)OCC)c1ccc(OCCCC)cc1. The number of rotatable bonds is 7. The predicted octanol–water partition coefficient (Wildman–Crippen LogP) is 3.44. The molecule has 0 radical (unpaired) electrons. The third-order valence-electron chi connectivity index (χ3n) is 2.49. The first kappa shape index (κ1) is 14.3. The first-order valence-corrected chi connectivity index (χ1v) is 6.28. The highest BCUT2D eigenvalue weighted by atomic mass is 16.5. The molecule has 3 heteroatoms. The summed E-state index contributed by atoms with van der Waals surface area (Å²) in [4.78, 5) is 11.5. The van der Waals surface area contributed by atoms with Gasteiger partial charge in [0.15, 0.2) is 0 Å². The molecular formula is C15H20O3. The van der Waals surface area contributed by atoms with Crippen molar-refractivity contribution < 1.29 is 14.3 Å². The molecule has 0 N–H and O–H groups in total. The van der Waals surface area contributed by atoms with E-state index in [1.54, 1.807) is 6.92 Å². The van der Waals surface area contributed by atoms with E-state index in [2.05, 4.69) is 13.5 Å². The molecule has 0 fully saturated rings. The zero-order valence-corrected chi connectivity index (χ0v) is 11.1. The van der Waals surface area contributed by atoms with Gasteiger partial charge in [0, 0.05) is 0 Å². The second kappa shape index (κ2) is 7.54. The highest BCUT2D eigenvalue weighted by Gasteiger charge is 2.09. The monoisotopic (exact) mass is 248 g/mol. The highest BCUT2D eigenvalue weighted by molar-refractivity contribution is 6.15. The maximum Gasteiger partial charge on any atom is 0.338 e. The Morgan fingerprint density at radius 3 is 2.44 bits per heavy atom. The molecule has 0 spiro atoms. The summed E-state index contributed by atoms with van der Waals surface area (Å²) < 4.78 is 10.4. The molecule has 1 rings (SSSR count). The van der Waals surface area contributed by atoms with Gasteiger partial charge in [-0.3, -0.25) is 0 Å². The van der Waals surface area contributed by atoms with E-state index in [0.29, 0.717) is 18.8 Å².